The van der Waals surface area contributed by atoms with Crippen molar-refractivity contribution in [3.63, 3.8) is 0 Å². The summed E-state index contributed by atoms with van der Waals surface area (Å²) in [6, 6.07) is 0. The molecule has 10 nitrogen and oxygen atoms in total. The van der Waals surface area contributed by atoms with E-state index < -0.39 is 108 Å². The Kier molecular flexibility index (Phi) is 10.2. The molecule has 0 bridgehead atoms. The number of hydrogen-bond acceptors (Lipinski definition) is 8. The third-order valence-electron chi connectivity index (χ3n) is 3.67. The van der Waals surface area contributed by atoms with Crippen molar-refractivity contribution in [2.45, 2.75) is 47.7 Å². The van der Waals surface area contributed by atoms with E-state index in [1.807, 2.05) is 0 Å². The lowest BCUT2D eigenvalue weighted by Gasteiger charge is -2.24. The zero-order valence-corrected chi connectivity index (χ0v) is 19.8. The molecule has 36 heavy (non-hydrogen) atoms. The smallest absolute Gasteiger partial charge is 0.202 e. The minimum atomic E-state index is -7.15. The standard InChI is InChI=1S/C10H12F12N2O8S4/c11-7(12,13)33(25,26)23(34(27,28)8(14,15)16)5-3-1-2-4-6-24(35(29,30)9(17,18)19)36(31,32)10(20,21)22/h1-6H2. The minimum absolute atomic E-state index is 0.913. The lowest BCUT2D eigenvalue weighted by Crippen LogP contribution is -2.49. The van der Waals surface area contributed by atoms with Crippen LogP contribution in [-0.2, 0) is 40.1 Å². The first-order chi connectivity index (χ1) is 15.5. The second-order valence-electron chi connectivity index (χ2n) is 6.21. The predicted octanol–water partition coefficient (Wildman–Crippen LogP) is 2.55. The number of halogens is 12. The first-order valence-electron chi connectivity index (χ1n) is 8.28. The highest BCUT2D eigenvalue weighted by molar-refractivity contribution is 8.05. The van der Waals surface area contributed by atoms with Gasteiger partial charge < -0.3 is 0 Å². The molecule has 0 heterocycles. The summed E-state index contributed by atoms with van der Waals surface area (Å²) >= 11 is 0. The molecular weight excluding hydrogens is 632 g/mol. The van der Waals surface area contributed by atoms with E-state index in [0.29, 0.717) is 0 Å². The van der Waals surface area contributed by atoms with Crippen molar-refractivity contribution in [3.05, 3.63) is 0 Å². The molecule has 0 unspecified atom stereocenters. The fraction of sp³-hybridized carbons (Fsp3) is 1.00. The molecular formula is C10H12F12N2O8S4. The highest BCUT2D eigenvalue weighted by Crippen LogP contribution is 2.37. The molecule has 0 aliphatic heterocycles. The minimum Gasteiger partial charge on any atom is -0.202 e. The normalized spacial score (nSPS) is 15.6. The van der Waals surface area contributed by atoms with E-state index in [2.05, 4.69) is 0 Å². The second kappa shape index (κ2) is 10.6. The van der Waals surface area contributed by atoms with Gasteiger partial charge in [-0.2, -0.15) is 52.7 Å². The highest BCUT2D eigenvalue weighted by Gasteiger charge is 2.62. The van der Waals surface area contributed by atoms with Gasteiger partial charge in [-0.1, -0.05) is 20.3 Å². The van der Waals surface area contributed by atoms with Gasteiger partial charge in [0.15, 0.2) is 0 Å². The summed E-state index contributed by atoms with van der Waals surface area (Å²) in [6.07, 6.45) is -4.29. The summed E-state index contributed by atoms with van der Waals surface area (Å²) in [4.78, 5) is 0. The quantitative estimate of drug-likeness (QED) is 0.247. The Balaban J connectivity index is 5.68. The number of sulfonamides is 4. The van der Waals surface area contributed by atoms with Crippen LogP contribution < -0.4 is 0 Å². The number of alkyl halides is 12. The number of nitrogens with zero attached hydrogens (tertiary/aromatic N) is 2. The van der Waals surface area contributed by atoms with Gasteiger partial charge in [-0.25, -0.2) is 33.7 Å². The molecule has 0 amide bonds. The molecule has 0 atom stereocenters. The zero-order valence-electron chi connectivity index (χ0n) is 16.6. The SMILES string of the molecule is O=S(=O)(N(CCCCCCN(S(=O)(=O)C(F)(F)F)S(=O)(=O)C(F)(F)F)S(=O)(=O)C(F)(F)F)C(F)(F)F. The van der Waals surface area contributed by atoms with Gasteiger partial charge in [0.05, 0.1) is 0 Å². The molecule has 26 heteroatoms. The van der Waals surface area contributed by atoms with Gasteiger partial charge in [0, 0.05) is 13.1 Å². The summed E-state index contributed by atoms with van der Waals surface area (Å²) < 4.78 is 237. The molecule has 0 aromatic carbocycles. The zero-order chi connectivity index (χ0) is 29.4. The van der Waals surface area contributed by atoms with Crippen LogP contribution in [0.3, 0.4) is 0 Å². The summed E-state index contributed by atoms with van der Waals surface area (Å²) in [5, 5.41) is 0. The van der Waals surface area contributed by atoms with E-state index in [1.165, 1.54) is 0 Å². The predicted molar refractivity (Wildman–Crippen MR) is 91.8 cm³/mol. The van der Waals surface area contributed by atoms with E-state index >= 15 is 0 Å². The van der Waals surface area contributed by atoms with E-state index in [0.717, 1.165) is 0 Å². The Bertz CT molecular complexity index is 1010. The first-order valence-corrected chi connectivity index (χ1v) is 14.0. The third-order valence-corrected chi connectivity index (χ3v) is 11.2. The summed E-state index contributed by atoms with van der Waals surface area (Å²) in [6.45, 7) is -4.09. The monoisotopic (exact) mass is 644 g/mol. The molecule has 0 saturated heterocycles. The van der Waals surface area contributed by atoms with Crippen molar-refractivity contribution >= 4 is 40.1 Å². The number of rotatable bonds is 11. The van der Waals surface area contributed by atoms with Crippen LogP contribution >= 0.6 is 0 Å². The van der Waals surface area contributed by atoms with Crippen LogP contribution in [0.5, 0.6) is 0 Å². The summed E-state index contributed by atoms with van der Waals surface area (Å²) in [5.74, 6) is 0. The van der Waals surface area contributed by atoms with Crippen molar-refractivity contribution in [3.8, 4) is 0 Å². The van der Waals surface area contributed by atoms with Gasteiger partial charge in [-0.3, -0.25) is 0 Å². The molecule has 0 N–H and O–H groups in total. The van der Waals surface area contributed by atoms with Gasteiger partial charge in [0.1, 0.15) is 0 Å². The molecule has 0 fully saturated rings. The van der Waals surface area contributed by atoms with Gasteiger partial charge >= 0.3 is 62.1 Å². The maximum Gasteiger partial charge on any atom is 0.512 e. The van der Waals surface area contributed by atoms with Crippen molar-refractivity contribution < 1.29 is 86.4 Å². The van der Waals surface area contributed by atoms with Gasteiger partial charge in [-0.05, 0) is 12.8 Å². The lowest BCUT2D eigenvalue weighted by molar-refractivity contribution is -0.0542. The molecule has 0 spiro atoms. The Morgan fingerprint density at radius 3 is 0.667 bits per heavy atom. The molecule has 0 saturated carbocycles. The van der Waals surface area contributed by atoms with Gasteiger partial charge in [0.2, 0.25) is 0 Å². The Hall–Kier alpha value is -1.12. The average molecular weight is 644 g/mol. The topological polar surface area (TPSA) is 143 Å². The maximum absolute atomic E-state index is 12.6. The van der Waals surface area contributed by atoms with Crippen molar-refractivity contribution in [1.29, 1.82) is 0 Å². The van der Waals surface area contributed by atoms with Crippen LogP contribution in [0, 0.1) is 0 Å². The van der Waals surface area contributed by atoms with Crippen LogP contribution in [0.2, 0.25) is 0 Å². The van der Waals surface area contributed by atoms with E-state index in [-0.39, 0.29) is 0 Å². The lowest BCUT2D eigenvalue weighted by atomic mass is 10.2. The highest BCUT2D eigenvalue weighted by atomic mass is 32.3. The van der Waals surface area contributed by atoms with Crippen LogP contribution in [0.15, 0.2) is 0 Å². The molecule has 0 aliphatic carbocycles. The van der Waals surface area contributed by atoms with Crippen LogP contribution in [0.25, 0.3) is 0 Å². The van der Waals surface area contributed by atoms with Crippen LogP contribution in [0.1, 0.15) is 25.7 Å². The second-order valence-corrected chi connectivity index (χ2v) is 14.1. The summed E-state index contributed by atoms with van der Waals surface area (Å²) in [5.41, 5.74) is -26.2. The number of hydrogen-bond donors (Lipinski definition) is 0. The van der Waals surface area contributed by atoms with Crippen molar-refractivity contribution in [2.75, 3.05) is 13.1 Å². The fourth-order valence-corrected chi connectivity index (χ4v) is 7.52. The van der Waals surface area contributed by atoms with Gasteiger partial charge in [0.25, 0.3) is 0 Å². The fourth-order valence-electron chi connectivity index (χ4n) is 2.04. The third kappa shape index (κ3) is 7.25. The van der Waals surface area contributed by atoms with Crippen molar-refractivity contribution in [1.82, 2.24) is 7.42 Å². The molecule has 0 radical (unpaired) electrons. The van der Waals surface area contributed by atoms with Crippen molar-refractivity contribution in [2.24, 2.45) is 0 Å². The van der Waals surface area contributed by atoms with Gasteiger partial charge in [-0.15, -0.1) is 0 Å². The number of unbranched alkanes of at least 4 members (excludes halogenated alkanes) is 3. The van der Waals surface area contributed by atoms with E-state index in [9.17, 15) is 86.4 Å². The summed E-state index contributed by atoms with van der Waals surface area (Å²) in [7, 11) is -28.6. The molecule has 218 valence electrons. The Morgan fingerprint density at radius 1 is 0.361 bits per heavy atom. The largest absolute Gasteiger partial charge is 0.512 e. The Labute approximate surface area is 195 Å². The maximum atomic E-state index is 12.6. The first kappa shape index (κ1) is 34.9. The Morgan fingerprint density at radius 2 is 0.528 bits per heavy atom. The molecule has 0 aliphatic rings. The van der Waals surface area contributed by atoms with Crippen LogP contribution in [-0.4, -0.2) is 76.2 Å². The average Bonchev–Trinajstić information content (AvgIpc) is 2.59. The molecule has 0 rings (SSSR count). The van der Waals surface area contributed by atoms with E-state index in [4.69, 9.17) is 0 Å². The van der Waals surface area contributed by atoms with E-state index in [1.54, 1.807) is 0 Å². The van der Waals surface area contributed by atoms with Crippen LogP contribution in [0.4, 0.5) is 52.7 Å². The molecule has 0 aromatic rings. The molecule has 0 aromatic heterocycles.